The van der Waals surface area contributed by atoms with Crippen LogP contribution in [0.25, 0.3) is 11.3 Å². The highest BCUT2D eigenvalue weighted by atomic mass is 35.5. The van der Waals surface area contributed by atoms with Crippen molar-refractivity contribution in [2.75, 3.05) is 18.9 Å². The zero-order valence-electron chi connectivity index (χ0n) is 19.3. The summed E-state index contributed by atoms with van der Waals surface area (Å²) in [5.74, 6) is -0.424. The lowest BCUT2D eigenvalue weighted by Gasteiger charge is -2.40. The van der Waals surface area contributed by atoms with Crippen LogP contribution in [-0.2, 0) is 16.1 Å². The Hall–Kier alpha value is -4.31. The predicted octanol–water partition coefficient (Wildman–Crippen LogP) is 2.87. The molecule has 2 atom stereocenters. The lowest BCUT2D eigenvalue weighted by Crippen LogP contribution is -2.64. The monoisotopic (exact) mass is 503 g/mol. The number of nitrogens with zero attached hydrogens (tertiary/aromatic N) is 6. The van der Waals surface area contributed by atoms with Crippen molar-refractivity contribution in [1.29, 1.82) is 0 Å². The Kier molecular flexibility index (Phi) is 6.34. The smallest absolute Gasteiger partial charge is 0.328 e. The first kappa shape index (κ1) is 23.4. The number of benzene rings is 1. The van der Waals surface area contributed by atoms with Crippen LogP contribution in [0.4, 0.5) is 10.6 Å². The number of anilines is 1. The first-order valence-corrected chi connectivity index (χ1v) is 11.6. The fourth-order valence-electron chi connectivity index (χ4n) is 4.19. The van der Waals surface area contributed by atoms with Crippen LogP contribution in [0.2, 0.25) is 5.02 Å². The number of rotatable bonds is 6. The number of urea groups is 1. The Morgan fingerprint density at radius 2 is 1.86 bits per heavy atom. The fourth-order valence-corrected chi connectivity index (χ4v) is 4.32. The molecule has 4 heterocycles. The Labute approximate surface area is 212 Å². The van der Waals surface area contributed by atoms with Crippen LogP contribution in [0, 0.1) is 0 Å². The van der Waals surface area contributed by atoms with Crippen LogP contribution in [-0.4, -0.2) is 74.7 Å². The molecule has 2 aliphatic rings. The molecule has 2 aromatic heterocycles. The van der Waals surface area contributed by atoms with Crippen molar-refractivity contribution in [1.82, 2.24) is 24.7 Å². The van der Waals surface area contributed by atoms with Crippen molar-refractivity contribution in [3.8, 4) is 11.3 Å². The van der Waals surface area contributed by atoms with Gasteiger partial charge in [0.1, 0.15) is 5.82 Å². The number of aromatic nitrogens is 2. The summed E-state index contributed by atoms with van der Waals surface area (Å²) in [6.07, 6.45) is 2.34. The Morgan fingerprint density at radius 1 is 1.06 bits per heavy atom. The van der Waals surface area contributed by atoms with Crippen molar-refractivity contribution in [2.45, 2.75) is 18.8 Å². The number of aliphatic imine (C=N–C) groups is 1. The molecule has 182 valence electrons. The van der Waals surface area contributed by atoms with Gasteiger partial charge in [-0.3, -0.25) is 19.5 Å². The SMILES string of the molecule is CN1C(=O)N(Cc2ccccn2)C(=O)C2C1N=CN2CC(=O)Nc1cccc(-c2ccc(Cl)cc2)n1. The maximum Gasteiger partial charge on any atom is 0.328 e. The molecule has 1 fully saturated rings. The standard InChI is InChI=1S/C25H22ClN7O3/c1-31-23-22(24(35)33(25(31)36)13-18-5-2-3-12-27-18)32(15-28-23)14-21(34)30-20-7-4-6-19(29-20)16-8-10-17(26)11-9-16/h2-12,15,22-23H,13-14H2,1H3,(H,29,30,34). The minimum atomic E-state index is -0.810. The summed E-state index contributed by atoms with van der Waals surface area (Å²) in [7, 11) is 1.59. The topological polar surface area (TPSA) is 111 Å². The van der Waals surface area contributed by atoms with Crippen LogP contribution >= 0.6 is 11.6 Å². The van der Waals surface area contributed by atoms with Gasteiger partial charge in [-0.2, -0.15) is 0 Å². The molecular weight excluding hydrogens is 482 g/mol. The maximum atomic E-state index is 13.3. The number of hydrogen-bond donors (Lipinski definition) is 1. The van der Waals surface area contributed by atoms with Crippen molar-refractivity contribution in [3.05, 3.63) is 77.6 Å². The second-order valence-electron chi connectivity index (χ2n) is 8.40. The molecule has 2 aliphatic heterocycles. The molecule has 5 rings (SSSR count). The number of likely N-dealkylation sites (N-methyl/N-ethyl adjacent to an activating group) is 1. The third-order valence-electron chi connectivity index (χ3n) is 5.98. The zero-order chi connectivity index (χ0) is 25.2. The van der Waals surface area contributed by atoms with Crippen molar-refractivity contribution in [2.24, 2.45) is 4.99 Å². The highest BCUT2D eigenvalue weighted by Crippen LogP contribution is 2.26. The largest absolute Gasteiger partial charge is 0.338 e. The molecule has 2 unspecified atom stereocenters. The van der Waals surface area contributed by atoms with Gasteiger partial charge >= 0.3 is 6.03 Å². The molecular formula is C25H22ClN7O3. The Balaban J connectivity index is 1.28. The Bertz CT molecular complexity index is 1330. The van der Waals surface area contributed by atoms with E-state index in [2.05, 4.69) is 20.3 Å². The van der Waals surface area contributed by atoms with Gasteiger partial charge in [-0.25, -0.2) is 14.8 Å². The fraction of sp³-hybridized carbons (Fsp3) is 0.200. The number of imide groups is 1. The number of amides is 4. The van der Waals surface area contributed by atoms with E-state index in [0.29, 0.717) is 22.2 Å². The van der Waals surface area contributed by atoms with Gasteiger partial charge in [0.05, 0.1) is 30.8 Å². The summed E-state index contributed by atoms with van der Waals surface area (Å²) in [5.41, 5.74) is 2.12. The van der Waals surface area contributed by atoms with E-state index in [0.717, 1.165) is 10.5 Å². The molecule has 1 saturated heterocycles. The lowest BCUT2D eigenvalue weighted by molar-refractivity contribution is -0.138. The summed E-state index contributed by atoms with van der Waals surface area (Å²) >= 11 is 5.96. The second kappa shape index (κ2) is 9.74. The molecule has 4 amide bonds. The van der Waals surface area contributed by atoms with Gasteiger partial charge in [0.15, 0.2) is 12.2 Å². The molecule has 1 N–H and O–H groups in total. The number of nitrogens with one attached hydrogen (secondary N) is 1. The van der Waals surface area contributed by atoms with Crippen LogP contribution in [0.5, 0.6) is 0 Å². The minimum absolute atomic E-state index is 0.0352. The number of pyridine rings is 2. The maximum absolute atomic E-state index is 13.3. The van der Waals surface area contributed by atoms with Gasteiger partial charge in [0.2, 0.25) is 5.91 Å². The van der Waals surface area contributed by atoms with E-state index in [4.69, 9.17) is 11.6 Å². The molecule has 0 aliphatic carbocycles. The normalized spacial score (nSPS) is 19.0. The van der Waals surface area contributed by atoms with E-state index in [9.17, 15) is 14.4 Å². The van der Waals surface area contributed by atoms with Gasteiger partial charge in [-0.05, 0) is 36.4 Å². The van der Waals surface area contributed by atoms with Gasteiger partial charge < -0.3 is 15.1 Å². The molecule has 10 nitrogen and oxygen atoms in total. The first-order chi connectivity index (χ1) is 17.4. The summed E-state index contributed by atoms with van der Waals surface area (Å²) in [5, 5.41) is 3.40. The van der Waals surface area contributed by atoms with E-state index in [1.165, 1.54) is 11.2 Å². The van der Waals surface area contributed by atoms with E-state index in [1.807, 2.05) is 18.2 Å². The predicted molar refractivity (Wildman–Crippen MR) is 134 cm³/mol. The number of carbonyl (C=O) groups is 3. The van der Waals surface area contributed by atoms with Crippen LogP contribution in [0.3, 0.4) is 0 Å². The average molecular weight is 504 g/mol. The summed E-state index contributed by atoms with van der Waals surface area (Å²) in [4.78, 5) is 56.1. The summed E-state index contributed by atoms with van der Waals surface area (Å²) in [6, 6.07) is 16.6. The number of carbonyl (C=O) groups excluding carboxylic acids is 3. The van der Waals surface area contributed by atoms with Crippen molar-refractivity contribution >= 4 is 41.6 Å². The quantitative estimate of drug-likeness (QED) is 0.553. The van der Waals surface area contributed by atoms with Gasteiger partial charge in [-0.1, -0.05) is 35.9 Å². The molecule has 0 radical (unpaired) electrons. The van der Waals surface area contributed by atoms with E-state index in [-0.39, 0.29) is 19.0 Å². The molecule has 0 spiro atoms. The van der Waals surface area contributed by atoms with Crippen LogP contribution < -0.4 is 5.32 Å². The molecule has 1 aromatic carbocycles. The average Bonchev–Trinajstić information content (AvgIpc) is 3.30. The van der Waals surface area contributed by atoms with Crippen molar-refractivity contribution < 1.29 is 14.4 Å². The van der Waals surface area contributed by atoms with Gasteiger partial charge in [0.25, 0.3) is 5.91 Å². The van der Waals surface area contributed by atoms with Gasteiger partial charge in [-0.15, -0.1) is 0 Å². The lowest BCUT2D eigenvalue weighted by atomic mass is 10.1. The molecule has 36 heavy (non-hydrogen) atoms. The highest BCUT2D eigenvalue weighted by molar-refractivity contribution is 6.30. The number of fused-ring (bicyclic) bond motifs is 1. The third kappa shape index (κ3) is 4.63. The molecule has 0 saturated carbocycles. The summed E-state index contributed by atoms with van der Waals surface area (Å²) < 4.78 is 0. The summed E-state index contributed by atoms with van der Waals surface area (Å²) in [6.45, 7) is -0.101. The van der Waals surface area contributed by atoms with Crippen LogP contribution in [0.15, 0.2) is 71.9 Å². The van der Waals surface area contributed by atoms with E-state index < -0.39 is 24.1 Å². The number of hydrogen-bond acceptors (Lipinski definition) is 7. The van der Waals surface area contributed by atoms with Crippen molar-refractivity contribution in [3.63, 3.8) is 0 Å². The molecule has 3 aromatic rings. The zero-order valence-corrected chi connectivity index (χ0v) is 20.0. The van der Waals surface area contributed by atoms with Crippen LogP contribution in [0.1, 0.15) is 5.69 Å². The van der Waals surface area contributed by atoms with E-state index in [1.54, 1.807) is 60.6 Å². The third-order valence-corrected chi connectivity index (χ3v) is 6.24. The molecule has 0 bridgehead atoms. The number of halogens is 1. The first-order valence-electron chi connectivity index (χ1n) is 11.2. The Morgan fingerprint density at radius 3 is 2.61 bits per heavy atom. The van der Waals surface area contributed by atoms with E-state index >= 15 is 0 Å². The van der Waals surface area contributed by atoms with Gasteiger partial charge in [0, 0.05) is 23.8 Å². The second-order valence-corrected chi connectivity index (χ2v) is 8.83. The molecule has 11 heteroatoms. The highest BCUT2D eigenvalue weighted by Gasteiger charge is 2.50. The minimum Gasteiger partial charge on any atom is -0.338 e.